The summed E-state index contributed by atoms with van der Waals surface area (Å²) in [7, 11) is 0. The third kappa shape index (κ3) is 7.77. The third-order valence-electron chi connectivity index (χ3n) is 1.14. The molecule has 2 rings (SSSR count). The minimum Gasteiger partial charge on any atom is -0.303 e. The van der Waals surface area contributed by atoms with Gasteiger partial charge in [0.05, 0.1) is 0 Å². The molecule has 2 aromatic rings. The Labute approximate surface area is 119 Å². The fourth-order valence-corrected chi connectivity index (χ4v) is 1.11. The van der Waals surface area contributed by atoms with E-state index in [-0.39, 0.29) is 19.5 Å². The van der Waals surface area contributed by atoms with E-state index in [4.69, 9.17) is 0 Å². The van der Waals surface area contributed by atoms with Gasteiger partial charge in [-0.3, -0.25) is 0 Å². The Morgan fingerprint density at radius 1 is 0.867 bits per heavy atom. The van der Waals surface area contributed by atoms with Crippen LogP contribution in [0.25, 0.3) is 0 Å². The summed E-state index contributed by atoms with van der Waals surface area (Å²) < 4.78 is 1.94. The summed E-state index contributed by atoms with van der Waals surface area (Å²) in [6.07, 6.45) is 6.67. The molecule has 2 nitrogen and oxygen atoms in total. The molecule has 2 aromatic heterocycles. The van der Waals surface area contributed by atoms with Crippen LogP contribution in [-0.4, -0.2) is 9.97 Å². The largest absolute Gasteiger partial charge is 2.00 e. The average molecular weight is 379 g/mol. The van der Waals surface area contributed by atoms with Crippen LogP contribution < -0.4 is 0 Å². The van der Waals surface area contributed by atoms with Crippen molar-refractivity contribution in [2.45, 2.75) is 0 Å². The van der Waals surface area contributed by atoms with E-state index in [1.807, 2.05) is 12.1 Å². The molecule has 0 aliphatic heterocycles. The first-order chi connectivity index (χ1) is 6.79. The number of nitrogens with zero attached hydrogens (tertiary/aromatic N) is 2. The average Bonchev–Trinajstić information content (AvgIpc) is 2.21. The zero-order chi connectivity index (χ0) is 10.2. The van der Waals surface area contributed by atoms with Crippen LogP contribution in [0.3, 0.4) is 0 Å². The van der Waals surface area contributed by atoms with Crippen molar-refractivity contribution in [2.75, 3.05) is 0 Å². The van der Waals surface area contributed by atoms with Gasteiger partial charge in [-0.25, -0.2) is 24.3 Å². The van der Waals surface area contributed by atoms with Crippen molar-refractivity contribution < 1.29 is 19.5 Å². The fraction of sp³-hybridized carbons (Fsp3) is 0. The van der Waals surface area contributed by atoms with Crippen molar-refractivity contribution in [1.29, 1.82) is 0 Å². The molecule has 0 unspecified atom stereocenters. The van der Waals surface area contributed by atoms with E-state index in [1.54, 1.807) is 24.8 Å². The van der Waals surface area contributed by atoms with Crippen molar-refractivity contribution in [2.24, 2.45) is 0 Å². The first kappa shape index (κ1) is 14.9. The minimum atomic E-state index is 0. The zero-order valence-corrected chi connectivity index (χ0v) is 14.0. The molecule has 0 atom stereocenters. The molecule has 0 fully saturated rings. The Morgan fingerprint density at radius 3 is 1.40 bits per heavy atom. The maximum atomic E-state index is 3.78. The first-order valence-corrected chi connectivity index (χ1v) is 5.31. The van der Waals surface area contributed by atoms with E-state index in [1.165, 1.54) is 0 Å². The molecule has 72 valence electrons. The molecule has 0 aliphatic rings. The molecule has 0 bridgehead atoms. The quantitative estimate of drug-likeness (QED) is 0.519. The van der Waals surface area contributed by atoms with Crippen molar-refractivity contribution in [3.05, 3.63) is 58.0 Å². The second kappa shape index (κ2) is 9.13. The van der Waals surface area contributed by atoms with Crippen LogP contribution in [0.1, 0.15) is 0 Å². The van der Waals surface area contributed by atoms with E-state index >= 15 is 0 Å². The Balaban J connectivity index is 0.000000245. The Bertz CT molecular complexity index is 319. The summed E-state index contributed by atoms with van der Waals surface area (Å²) in [5.74, 6) is 0. The van der Waals surface area contributed by atoms with Gasteiger partial charge in [0.1, 0.15) is 0 Å². The molecule has 0 amide bonds. The molecule has 0 aromatic carbocycles. The Hall–Kier alpha value is -0.117. The zero-order valence-electron chi connectivity index (χ0n) is 7.82. The normalized spacial score (nSPS) is 8.13. The molecule has 0 spiro atoms. The van der Waals surface area contributed by atoms with Crippen LogP contribution in [0.5, 0.6) is 0 Å². The van der Waals surface area contributed by atoms with Crippen LogP contribution in [0, 0.1) is 12.1 Å². The number of pyridine rings is 2. The van der Waals surface area contributed by atoms with Crippen molar-refractivity contribution in [3.63, 3.8) is 0 Å². The third-order valence-corrected chi connectivity index (χ3v) is 2.00. The standard InChI is InChI=1S/2C5H3BrN.Zn/c2*6-5-2-1-3-7-4-5;/h2*2-4H;/q2*-1;+2. The van der Waals surface area contributed by atoms with Gasteiger partial charge in [0.25, 0.3) is 0 Å². The van der Waals surface area contributed by atoms with Gasteiger partial charge < -0.3 is 9.97 Å². The van der Waals surface area contributed by atoms with Crippen molar-refractivity contribution >= 4 is 31.9 Å². The monoisotopic (exact) mass is 376 g/mol. The summed E-state index contributed by atoms with van der Waals surface area (Å²) in [5.41, 5.74) is 0. The molecular formula is C10H6Br2N2Zn. The molecule has 2 heterocycles. The predicted octanol–water partition coefficient (Wildman–Crippen LogP) is 3.29. The number of rotatable bonds is 0. The van der Waals surface area contributed by atoms with Gasteiger partial charge in [-0.05, 0) is 12.4 Å². The minimum absolute atomic E-state index is 0. The maximum Gasteiger partial charge on any atom is 2.00 e. The van der Waals surface area contributed by atoms with E-state index in [0.717, 1.165) is 8.95 Å². The molecular weight excluding hydrogens is 373 g/mol. The molecule has 0 N–H and O–H groups in total. The fourth-order valence-electron chi connectivity index (χ4n) is 0.611. The summed E-state index contributed by atoms with van der Waals surface area (Å²) in [4.78, 5) is 7.56. The summed E-state index contributed by atoms with van der Waals surface area (Å²) in [6.45, 7) is 0. The van der Waals surface area contributed by atoms with Gasteiger partial charge in [-0.1, -0.05) is 12.4 Å². The smallest absolute Gasteiger partial charge is 0.303 e. The second-order valence-corrected chi connectivity index (χ2v) is 4.04. The van der Waals surface area contributed by atoms with Gasteiger partial charge in [-0.15, -0.1) is 8.95 Å². The van der Waals surface area contributed by atoms with Gasteiger partial charge in [0.15, 0.2) is 0 Å². The van der Waals surface area contributed by atoms with Crippen LogP contribution >= 0.6 is 31.9 Å². The van der Waals surface area contributed by atoms with Crippen LogP contribution in [0.15, 0.2) is 45.9 Å². The molecule has 0 aliphatic carbocycles. The van der Waals surface area contributed by atoms with E-state index in [2.05, 4.69) is 54.0 Å². The van der Waals surface area contributed by atoms with Crippen LogP contribution in [0.2, 0.25) is 0 Å². The van der Waals surface area contributed by atoms with E-state index < -0.39 is 0 Å². The molecule has 15 heavy (non-hydrogen) atoms. The number of halogens is 2. The van der Waals surface area contributed by atoms with Gasteiger partial charge in [0, 0.05) is 0 Å². The van der Waals surface area contributed by atoms with Gasteiger partial charge in [-0.2, -0.15) is 31.9 Å². The molecule has 0 saturated heterocycles. The van der Waals surface area contributed by atoms with Crippen molar-refractivity contribution in [3.8, 4) is 0 Å². The topological polar surface area (TPSA) is 25.8 Å². The number of hydrogen-bond acceptors (Lipinski definition) is 2. The van der Waals surface area contributed by atoms with Crippen molar-refractivity contribution in [1.82, 2.24) is 9.97 Å². The molecule has 0 radical (unpaired) electrons. The van der Waals surface area contributed by atoms with Gasteiger partial charge in [0.2, 0.25) is 0 Å². The van der Waals surface area contributed by atoms with E-state index in [9.17, 15) is 0 Å². The first-order valence-electron chi connectivity index (χ1n) is 3.72. The van der Waals surface area contributed by atoms with Crippen LogP contribution in [0.4, 0.5) is 0 Å². The van der Waals surface area contributed by atoms with E-state index in [0.29, 0.717) is 0 Å². The predicted molar refractivity (Wildman–Crippen MR) is 61.5 cm³/mol. The summed E-state index contributed by atoms with van der Waals surface area (Å²) >= 11 is 6.44. The summed E-state index contributed by atoms with van der Waals surface area (Å²) in [5, 5.41) is 0. The summed E-state index contributed by atoms with van der Waals surface area (Å²) in [6, 6.07) is 9.23. The van der Waals surface area contributed by atoms with Crippen LogP contribution in [-0.2, 0) is 19.5 Å². The molecule has 5 heteroatoms. The number of hydrogen-bond donors (Lipinski definition) is 0. The van der Waals surface area contributed by atoms with Gasteiger partial charge >= 0.3 is 19.5 Å². The Morgan fingerprint density at radius 2 is 1.27 bits per heavy atom. The molecule has 0 saturated carbocycles. The Kier molecular flexibility index (Phi) is 9.06. The second-order valence-electron chi connectivity index (χ2n) is 2.21. The SMILES string of the molecule is Brc1c[c-]cnc1.Brc1c[c-]cnc1.[Zn+2]. The number of aromatic nitrogens is 2. The maximum absolute atomic E-state index is 3.78.